The van der Waals surface area contributed by atoms with Crippen LogP contribution in [0.4, 0.5) is 0 Å². The highest BCUT2D eigenvalue weighted by Gasteiger charge is 2.43. The van der Waals surface area contributed by atoms with E-state index in [2.05, 4.69) is 18.7 Å². The zero-order chi connectivity index (χ0) is 11.6. The second-order valence-electron chi connectivity index (χ2n) is 5.47. The van der Waals surface area contributed by atoms with E-state index < -0.39 is 0 Å². The maximum atomic E-state index is 6.10. The Balaban J connectivity index is 2.11. The zero-order valence-corrected chi connectivity index (χ0v) is 10.7. The molecule has 0 aliphatic carbocycles. The van der Waals surface area contributed by atoms with E-state index >= 15 is 0 Å². The number of nitrogens with zero attached hydrogens (tertiary/aromatic N) is 1. The van der Waals surface area contributed by atoms with E-state index in [0.717, 1.165) is 32.4 Å². The molecule has 94 valence electrons. The first kappa shape index (κ1) is 12.3. The molecule has 0 bridgehead atoms. The number of ether oxygens (including phenoxy) is 1. The molecular weight excluding hydrogens is 200 g/mol. The van der Waals surface area contributed by atoms with Gasteiger partial charge in [0.1, 0.15) is 0 Å². The Morgan fingerprint density at radius 3 is 2.88 bits per heavy atom. The first-order chi connectivity index (χ1) is 7.72. The minimum atomic E-state index is 0.231. The van der Waals surface area contributed by atoms with Crippen LogP contribution >= 0.6 is 0 Å². The molecule has 0 spiro atoms. The first-order valence-electron chi connectivity index (χ1n) is 6.80. The average molecular weight is 226 g/mol. The second kappa shape index (κ2) is 5.03. The van der Waals surface area contributed by atoms with Crippen LogP contribution in [0.2, 0.25) is 0 Å². The van der Waals surface area contributed by atoms with Gasteiger partial charge in [-0.15, -0.1) is 0 Å². The van der Waals surface area contributed by atoms with E-state index in [0.29, 0.717) is 12.1 Å². The molecule has 2 saturated heterocycles. The van der Waals surface area contributed by atoms with E-state index in [1.54, 1.807) is 0 Å². The Morgan fingerprint density at radius 2 is 2.31 bits per heavy atom. The average Bonchev–Trinajstić information content (AvgIpc) is 2.76. The van der Waals surface area contributed by atoms with Crippen LogP contribution in [0.1, 0.15) is 46.0 Å². The van der Waals surface area contributed by atoms with Crippen LogP contribution in [0.5, 0.6) is 0 Å². The summed E-state index contributed by atoms with van der Waals surface area (Å²) < 4.78 is 5.80. The molecule has 3 unspecified atom stereocenters. The number of hydrogen-bond donors (Lipinski definition) is 1. The van der Waals surface area contributed by atoms with E-state index in [1.165, 1.54) is 19.4 Å². The molecule has 2 fully saturated rings. The van der Waals surface area contributed by atoms with Crippen LogP contribution in [-0.2, 0) is 4.74 Å². The lowest BCUT2D eigenvalue weighted by atomic mass is 9.83. The summed E-state index contributed by atoms with van der Waals surface area (Å²) in [6, 6.07) is 0.708. The molecule has 0 aromatic carbocycles. The van der Waals surface area contributed by atoms with Gasteiger partial charge in [-0.05, 0) is 45.6 Å². The second-order valence-corrected chi connectivity index (χ2v) is 5.47. The van der Waals surface area contributed by atoms with Crippen molar-refractivity contribution in [1.82, 2.24) is 4.90 Å². The van der Waals surface area contributed by atoms with Gasteiger partial charge in [-0.2, -0.15) is 0 Å². The molecule has 2 heterocycles. The quantitative estimate of drug-likeness (QED) is 0.797. The molecule has 2 aliphatic rings. The third-order valence-corrected chi connectivity index (χ3v) is 4.53. The third kappa shape index (κ3) is 2.13. The summed E-state index contributed by atoms with van der Waals surface area (Å²) in [5.74, 6) is 0. The summed E-state index contributed by atoms with van der Waals surface area (Å²) in [4.78, 5) is 2.66. The normalized spacial score (nSPS) is 41.4. The van der Waals surface area contributed by atoms with Gasteiger partial charge in [0.05, 0.1) is 6.10 Å². The number of rotatable bonds is 3. The van der Waals surface area contributed by atoms with Crippen molar-refractivity contribution in [2.75, 3.05) is 19.7 Å². The van der Waals surface area contributed by atoms with Gasteiger partial charge in [0, 0.05) is 24.7 Å². The maximum absolute atomic E-state index is 6.10. The van der Waals surface area contributed by atoms with Crippen molar-refractivity contribution in [1.29, 1.82) is 0 Å². The van der Waals surface area contributed by atoms with Crippen molar-refractivity contribution in [3.05, 3.63) is 0 Å². The van der Waals surface area contributed by atoms with Gasteiger partial charge < -0.3 is 10.5 Å². The van der Waals surface area contributed by atoms with Gasteiger partial charge in [0.15, 0.2) is 0 Å². The standard InChI is InChI=1S/C13H26N2O/c1-3-12-9-13(10-14,6-8-16-12)15-7-4-5-11(15)2/h11-12H,3-10,14H2,1-2H3. The van der Waals surface area contributed by atoms with E-state index in [9.17, 15) is 0 Å². The van der Waals surface area contributed by atoms with Crippen molar-refractivity contribution in [2.24, 2.45) is 5.73 Å². The smallest absolute Gasteiger partial charge is 0.0590 e. The van der Waals surface area contributed by atoms with Gasteiger partial charge in [-0.1, -0.05) is 6.92 Å². The molecule has 0 amide bonds. The van der Waals surface area contributed by atoms with Crippen molar-refractivity contribution in [3.8, 4) is 0 Å². The molecule has 0 aromatic heterocycles. The largest absolute Gasteiger partial charge is 0.378 e. The number of likely N-dealkylation sites (tertiary alicyclic amines) is 1. The van der Waals surface area contributed by atoms with Gasteiger partial charge in [-0.25, -0.2) is 0 Å². The highest BCUT2D eigenvalue weighted by Crippen LogP contribution is 2.36. The molecule has 3 heteroatoms. The summed E-state index contributed by atoms with van der Waals surface area (Å²) in [6.45, 7) is 7.47. The number of hydrogen-bond acceptors (Lipinski definition) is 3. The Hall–Kier alpha value is -0.120. The van der Waals surface area contributed by atoms with E-state index in [4.69, 9.17) is 10.5 Å². The topological polar surface area (TPSA) is 38.5 Å². The summed E-state index contributed by atoms with van der Waals surface area (Å²) in [6.07, 6.45) is 6.45. The lowest BCUT2D eigenvalue weighted by molar-refractivity contribution is -0.0742. The van der Waals surface area contributed by atoms with Crippen molar-refractivity contribution in [3.63, 3.8) is 0 Å². The minimum Gasteiger partial charge on any atom is -0.378 e. The molecule has 2 aliphatic heterocycles. The van der Waals surface area contributed by atoms with Crippen molar-refractivity contribution >= 4 is 0 Å². The van der Waals surface area contributed by atoms with Crippen molar-refractivity contribution < 1.29 is 4.74 Å². The van der Waals surface area contributed by atoms with Gasteiger partial charge in [-0.3, -0.25) is 4.90 Å². The first-order valence-corrected chi connectivity index (χ1v) is 6.80. The van der Waals surface area contributed by atoms with Crippen LogP contribution in [0, 0.1) is 0 Å². The minimum absolute atomic E-state index is 0.231. The molecule has 0 aromatic rings. The fourth-order valence-electron chi connectivity index (χ4n) is 3.46. The highest BCUT2D eigenvalue weighted by molar-refractivity contribution is 4.99. The molecule has 2 rings (SSSR count). The van der Waals surface area contributed by atoms with Gasteiger partial charge >= 0.3 is 0 Å². The van der Waals surface area contributed by atoms with Crippen LogP contribution in [0.25, 0.3) is 0 Å². The highest BCUT2D eigenvalue weighted by atomic mass is 16.5. The predicted molar refractivity (Wildman–Crippen MR) is 66.5 cm³/mol. The molecule has 0 radical (unpaired) electrons. The maximum Gasteiger partial charge on any atom is 0.0590 e. The Labute approximate surface area is 99.3 Å². The summed E-state index contributed by atoms with van der Waals surface area (Å²) in [7, 11) is 0. The van der Waals surface area contributed by atoms with Gasteiger partial charge in [0.25, 0.3) is 0 Å². The van der Waals surface area contributed by atoms with E-state index in [-0.39, 0.29) is 5.54 Å². The summed E-state index contributed by atoms with van der Waals surface area (Å²) in [5, 5.41) is 0. The molecule has 3 atom stereocenters. The molecule has 16 heavy (non-hydrogen) atoms. The summed E-state index contributed by atoms with van der Waals surface area (Å²) >= 11 is 0. The fraction of sp³-hybridized carbons (Fsp3) is 1.00. The summed E-state index contributed by atoms with van der Waals surface area (Å²) in [5.41, 5.74) is 6.33. The Morgan fingerprint density at radius 1 is 1.50 bits per heavy atom. The molecular formula is C13H26N2O. The lowest BCUT2D eigenvalue weighted by Crippen LogP contribution is -2.59. The third-order valence-electron chi connectivity index (χ3n) is 4.53. The van der Waals surface area contributed by atoms with E-state index in [1.807, 2.05) is 0 Å². The van der Waals surface area contributed by atoms with Gasteiger partial charge in [0.2, 0.25) is 0 Å². The fourth-order valence-corrected chi connectivity index (χ4v) is 3.46. The van der Waals surface area contributed by atoms with Crippen LogP contribution in [0.3, 0.4) is 0 Å². The Bertz CT molecular complexity index is 234. The Kier molecular flexibility index (Phi) is 3.88. The monoisotopic (exact) mass is 226 g/mol. The SMILES string of the molecule is CCC1CC(CN)(N2CCCC2C)CCO1. The van der Waals surface area contributed by atoms with Crippen LogP contribution in [0.15, 0.2) is 0 Å². The molecule has 3 nitrogen and oxygen atoms in total. The number of nitrogens with two attached hydrogens (primary N) is 1. The molecule has 2 N–H and O–H groups in total. The lowest BCUT2D eigenvalue weighted by Gasteiger charge is -2.48. The van der Waals surface area contributed by atoms with Crippen molar-refractivity contribution in [2.45, 2.75) is 63.6 Å². The zero-order valence-electron chi connectivity index (χ0n) is 10.7. The predicted octanol–water partition coefficient (Wildman–Crippen LogP) is 1.76. The van der Waals surface area contributed by atoms with Crippen LogP contribution in [-0.4, -0.2) is 42.3 Å². The molecule has 0 saturated carbocycles. The van der Waals surface area contributed by atoms with Crippen LogP contribution < -0.4 is 5.73 Å².